The molecule has 1 saturated carbocycles. The molecule has 1 N–H and O–H groups in total. The first-order valence-corrected chi connectivity index (χ1v) is 9.82. The van der Waals surface area contributed by atoms with Crippen molar-refractivity contribution in [2.24, 2.45) is 5.92 Å². The van der Waals surface area contributed by atoms with Crippen molar-refractivity contribution in [3.05, 3.63) is 23.8 Å². The molecule has 1 aromatic carbocycles. The number of aliphatic carboxylic acids is 1. The number of amides is 1. The predicted octanol–water partition coefficient (Wildman–Crippen LogP) is 2.19. The third-order valence-electron chi connectivity index (χ3n) is 5.11. The first-order valence-electron chi connectivity index (χ1n) is 8.17. The number of carboxylic acid groups (broad SMARTS) is 1. The van der Waals surface area contributed by atoms with Gasteiger partial charge in [-0.15, -0.1) is 0 Å². The summed E-state index contributed by atoms with van der Waals surface area (Å²) < 4.78 is 24.7. The number of likely N-dealkylation sites (N-methyl/N-ethyl adjacent to an activating group) is 1. The van der Waals surface area contributed by atoms with Crippen LogP contribution in [-0.4, -0.2) is 38.2 Å². The van der Waals surface area contributed by atoms with Crippen LogP contribution in [0.15, 0.2) is 23.1 Å². The molecule has 24 heavy (non-hydrogen) atoms. The van der Waals surface area contributed by atoms with Gasteiger partial charge in [-0.05, 0) is 42.5 Å². The van der Waals surface area contributed by atoms with Crippen LogP contribution in [0, 0.1) is 5.92 Å². The monoisotopic (exact) mass is 351 g/mol. The zero-order valence-corrected chi connectivity index (χ0v) is 14.4. The van der Waals surface area contributed by atoms with E-state index in [2.05, 4.69) is 0 Å². The maximum Gasteiger partial charge on any atom is 0.304 e. The fourth-order valence-corrected chi connectivity index (χ4v) is 5.09. The number of hydrogen-bond acceptors (Lipinski definition) is 4. The highest BCUT2D eigenvalue weighted by molar-refractivity contribution is 7.91. The predicted molar refractivity (Wildman–Crippen MR) is 88.9 cm³/mol. The normalized spacial score (nSPS) is 21.3. The summed E-state index contributed by atoms with van der Waals surface area (Å²) in [4.78, 5) is 25.0. The van der Waals surface area contributed by atoms with Crippen LogP contribution in [0.4, 0.5) is 5.69 Å². The van der Waals surface area contributed by atoms with Crippen LogP contribution < -0.4 is 4.90 Å². The van der Waals surface area contributed by atoms with Crippen LogP contribution in [-0.2, 0) is 19.4 Å². The van der Waals surface area contributed by atoms with E-state index in [0.717, 1.165) is 36.9 Å². The van der Waals surface area contributed by atoms with Crippen LogP contribution in [0.25, 0.3) is 0 Å². The van der Waals surface area contributed by atoms with Gasteiger partial charge in [0.15, 0.2) is 9.84 Å². The fourth-order valence-electron chi connectivity index (χ4n) is 3.83. The largest absolute Gasteiger partial charge is 0.481 e. The Hall–Kier alpha value is -1.89. The molecule has 1 aliphatic heterocycles. The second-order valence-corrected chi connectivity index (χ2v) is 8.71. The topological polar surface area (TPSA) is 91.8 Å². The van der Waals surface area contributed by atoms with Crippen LogP contribution >= 0.6 is 0 Å². The maximum atomic E-state index is 12.6. The van der Waals surface area contributed by atoms with Crippen LogP contribution in [0.1, 0.15) is 43.6 Å². The van der Waals surface area contributed by atoms with E-state index in [0.29, 0.717) is 0 Å². The number of nitrogens with zero attached hydrogens (tertiary/aromatic N) is 1. The van der Waals surface area contributed by atoms with Crippen molar-refractivity contribution in [1.82, 2.24) is 0 Å². The van der Waals surface area contributed by atoms with Gasteiger partial charge in [-0.2, -0.15) is 0 Å². The standard InChI is InChI=1S/C17H21NO5S/c1-18-14-7-6-12(24(22,23)9-8-15(19)20)10-13(14)16(17(18)21)11-4-2-3-5-11/h6-7,10-11,16H,2-5,8-9H2,1H3,(H,19,20)/t16-/m0/s1. The van der Waals surface area contributed by atoms with E-state index in [1.165, 1.54) is 6.07 Å². The quantitative estimate of drug-likeness (QED) is 0.878. The van der Waals surface area contributed by atoms with Crippen LogP contribution in [0.2, 0.25) is 0 Å². The molecule has 3 rings (SSSR count). The van der Waals surface area contributed by atoms with Gasteiger partial charge >= 0.3 is 5.97 Å². The lowest BCUT2D eigenvalue weighted by atomic mass is 9.86. The highest BCUT2D eigenvalue weighted by Crippen LogP contribution is 2.46. The Kier molecular flexibility index (Phi) is 4.38. The van der Waals surface area contributed by atoms with Crippen molar-refractivity contribution >= 4 is 27.4 Å². The molecule has 6 nitrogen and oxygen atoms in total. The third kappa shape index (κ3) is 2.92. The molecular weight excluding hydrogens is 330 g/mol. The van der Waals surface area contributed by atoms with Gasteiger partial charge < -0.3 is 10.0 Å². The molecule has 1 fully saturated rings. The number of benzene rings is 1. The van der Waals surface area contributed by atoms with Crippen molar-refractivity contribution in [2.45, 2.75) is 42.9 Å². The number of hydrogen-bond donors (Lipinski definition) is 1. The first-order chi connectivity index (χ1) is 11.3. The summed E-state index contributed by atoms with van der Waals surface area (Å²) in [5.41, 5.74) is 1.53. The molecule has 1 heterocycles. The molecule has 130 valence electrons. The lowest BCUT2D eigenvalue weighted by Crippen LogP contribution is -2.27. The molecule has 0 unspecified atom stereocenters. The average Bonchev–Trinajstić information content (AvgIpc) is 3.13. The van der Waals surface area contributed by atoms with Crippen molar-refractivity contribution in [3.8, 4) is 0 Å². The molecule has 0 radical (unpaired) electrons. The Morgan fingerprint density at radius 2 is 1.96 bits per heavy atom. The molecular formula is C17H21NO5S. The smallest absolute Gasteiger partial charge is 0.304 e. The van der Waals surface area contributed by atoms with Crippen LogP contribution in [0.3, 0.4) is 0 Å². The number of rotatable bonds is 5. The molecule has 0 saturated heterocycles. The van der Waals surface area contributed by atoms with E-state index < -0.39 is 28.0 Å². The van der Waals surface area contributed by atoms with Crippen molar-refractivity contribution in [3.63, 3.8) is 0 Å². The van der Waals surface area contributed by atoms with Crippen molar-refractivity contribution in [1.29, 1.82) is 0 Å². The van der Waals surface area contributed by atoms with Gasteiger partial charge in [0.1, 0.15) is 0 Å². The number of carboxylic acids is 1. The molecule has 2 aliphatic rings. The minimum atomic E-state index is -3.67. The molecule has 1 amide bonds. The Morgan fingerprint density at radius 3 is 2.58 bits per heavy atom. The zero-order valence-electron chi connectivity index (χ0n) is 13.6. The van der Waals surface area contributed by atoms with Gasteiger partial charge in [0.25, 0.3) is 0 Å². The first kappa shape index (κ1) is 17.0. The summed E-state index contributed by atoms with van der Waals surface area (Å²) in [5, 5.41) is 8.72. The number of sulfone groups is 1. The van der Waals surface area contributed by atoms with Gasteiger partial charge in [0.2, 0.25) is 5.91 Å². The SMILES string of the molecule is CN1C(=O)[C@@H](C2CCCC2)c2cc(S(=O)(=O)CCC(=O)O)ccc21. The summed E-state index contributed by atoms with van der Waals surface area (Å²) in [7, 11) is -1.95. The van der Waals surface area contributed by atoms with Gasteiger partial charge in [-0.3, -0.25) is 9.59 Å². The second kappa shape index (κ2) is 6.20. The summed E-state index contributed by atoms with van der Waals surface area (Å²) in [6.07, 6.45) is 3.75. The van der Waals surface area contributed by atoms with Gasteiger partial charge in [-0.1, -0.05) is 12.8 Å². The Morgan fingerprint density at radius 1 is 1.29 bits per heavy atom. The van der Waals surface area contributed by atoms with E-state index in [1.807, 2.05) is 0 Å². The molecule has 1 atom stereocenters. The Balaban J connectivity index is 1.97. The number of carbonyl (C=O) groups excluding carboxylic acids is 1. The van der Waals surface area contributed by atoms with Crippen molar-refractivity contribution in [2.75, 3.05) is 17.7 Å². The average molecular weight is 351 g/mol. The summed E-state index contributed by atoms with van der Waals surface area (Å²) in [6.45, 7) is 0. The fraction of sp³-hybridized carbons (Fsp3) is 0.529. The molecule has 0 spiro atoms. The lowest BCUT2D eigenvalue weighted by Gasteiger charge is -2.17. The zero-order chi connectivity index (χ0) is 17.5. The molecule has 0 aromatic heterocycles. The lowest BCUT2D eigenvalue weighted by molar-refractivity contribution is -0.136. The molecule has 1 aromatic rings. The van der Waals surface area contributed by atoms with E-state index in [1.54, 1.807) is 24.1 Å². The Bertz CT molecular complexity index is 780. The maximum absolute atomic E-state index is 12.6. The highest BCUT2D eigenvalue weighted by atomic mass is 32.2. The van der Waals surface area contributed by atoms with Crippen molar-refractivity contribution < 1.29 is 23.1 Å². The summed E-state index contributed by atoms with van der Waals surface area (Å²) in [6, 6.07) is 4.71. The second-order valence-electron chi connectivity index (χ2n) is 6.60. The van der Waals surface area contributed by atoms with E-state index >= 15 is 0 Å². The number of fused-ring (bicyclic) bond motifs is 1. The van der Waals surface area contributed by atoms with E-state index in [-0.39, 0.29) is 22.6 Å². The third-order valence-corrected chi connectivity index (χ3v) is 6.82. The molecule has 0 bridgehead atoms. The van der Waals surface area contributed by atoms with Gasteiger partial charge in [-0.25, -0.2) is 8.42 Å². The molecule has 7 heteroatoms. The highest BCUT2D eigenvalue weighted by Gasteiger charge is 2.41. The van der Waals surface area contributed by atoms with Gasteiger partial charge in [0, 0.05) is 12.7 Å². The van der Waals surface area contributed by atoms with E-state index in [4.69, 9.17) is 5.11 Å². The summed E-state index contributed by atoms with van der Waals surface area (Å²) in [5.74, 6) is -1.56. The summed E-state index contributed by atoms with van der Waals surface area (Å²) >= 11 is 0. The minimum Gasteiger partial charge on any atom is -0.481 e. The minimum absolute atomic E-state index is 0.0250. The number of anilines is 1. The van der Waals surface area contributed by atoms with E-state index in [9.17, 15) is 18.0 Å². The Labute approximate surface area is 141 Å². The van der Waals surface area contributed by atoms with Crippen LogP contribution in [0.5, 0.6) is 0 Å². The molecule has 1 aliphatic carbocycles. The number of carbonyl (C=O) groups is 2. The van der Waals surface area contributed by atoms with Gasteiger partial charge in [0.05, 0.1) is 23.0 Å².